The molecule has 2 rings (SSSR count). The van der Waals surface area contributed by atoms with E-state index in [4.69, 9.17) is 0 Å². The fourth-order valence-corrected chi connectivity index (χ4v) is 3.63. The van der Waals surface area contributed by atoms with Gasteiger partial charge in [-0.1, -0.05) is 12.0 Å². The molecule has 0 radical (unpaired) electrons. The second kappa shape index (κ2) is 5.35. The first-order valence-corrected chi connectivity index (χ1v) is 7.14. The van der Waals surface area contributed by atoms with Crippen LogP contribution in [0.1, 0.15) is 39.5 Å². The molecule has 19 heavy (non-hydrogen) atoms. The Morgan fingerprint density at radius 2 is 2.05 bits per heavy atom. The highest BCUT2D eigenvalue weighted by Gasteiger charge is 2.50. The first-order chi connectivity index (χ1) is 8.98. The van der Waals surface area contributed by atoms with Crippen LogP contribution in [0.3, 0.4) is 0 Å². The first kappa shape index (κ1) is 14.1. The molecule has 2 fully saturated rings. The zero-order valence-corrected chi connectivity index (χ0v) is 12.2. The van der Waals surface area contributed by atoms with Crippen molar-refractivity contribution in [3.05, 3.63) is 11.6 Å². The SMILES string of the molecule is CNC(=O)C1CCCC12CCN(C(=O)C=C(C)C)C2. The number of likely N-dealkylation sites (tertiary alicyclic amines) is 1. The lowest BCUT2D eigenvalue weighted by atomic mass is 9.76. The highest BCUT2D eigenvalue weighted by molar-refractivity contribution is 5.88. The van der Waals surface area contributed by atoms with Gasteiger partial charge >= 0.3 is 0 Å². The topological polar surface area (TPSA) is 49.4 Å². The lowest BCUT2D eigenvalue weighted by Crippen LogP contribution is -2.40. The molecule has 0 aromatic carbocycles. The first-order valence-electron chi connectivity index (χ1n) is 7.14. The molecule has 2 atom stereocenters. The maximum Gasteiger partial charge on any atom is 0.246 e. The summed E-state index contributed by atoms with van der Waals surface area (Å²) < 4.78 is 0. The van der Waals surface area contributed by atoms with Gasteiger partial charge in [-0.05, 0) is 33.1 Å². The summed E-state index contributed by atoms with van der Waals surface area (Å²) in [5.41, 5.74) is 1.06. The zero-order chi connectivity index (χ0) is 14.0. The van der Waals surface area contributed by atoms with Crippen LogP contribution in [0.2, 0.25) is 0 Å². The van der Waals surface area contributed by atoms with Crippen LogP contribution >= 0.6 is 0 Å². The van der Waals surface area contributed by atoms with Gasteiger partial charge in [-0.2, -0.15) is 0 Å². The van der Waals surface area contributed by atoms with Crippen molar-refractivity contribution in [1.29, 1.82) is 0 Å². The van der Waals surface area contributed by atoms with Crippen LogP contribution in [0.4, 0.5) is 0 Å². The summed E-state index contributed by atoms with van der Waals surface area (Å²) in [4.78, 5) is 26.0. The highest BCUT2D eigenvalue weighted by atomic mass is 16.2. The summed E-state index contributed by atoms with van der Waals surface area (Å²) in [6.07, 6.45) is 5.80. The van der Waals surface area contributed by atoms with E-state index >= 15 is 0 Å². The molecule has 4 heteroatoms. The summed E-state index contributed by atoms with van der Waals surface area (Å²) in [5, 5.41) is 2.78. The quantitative estimate of drug-likeness (QED) is 0.772. The second-order valence-electron chi connectivity index (χ2n) is 6.15. The van der Waals surface area contributed by atoms with Crippen LogP contribution in [0.15, 0.2) is 11.6 Å². The minimum atomic E-state index is 0.0330. The summed E-state index contributed by atoms with van der Waals surface area (Å²) in [5.74, 6) is 0.329. The number of hydrogen-bond donors (Lipinski definition) is 1. The number of nitrogens with one attached hydrogen (secondary N) is 1. The predicted octanol–water partition coefficient (Wildman–Crippen LogP) is 1.72. The standard InChI is InChI=1S/C15H24N2O2/c1-11(2)9-13(18)17-8-7-15(10-17)6-4-5-12(15)14(19)16-3/h9,12H,4-8,10H2,1-3H3,(H,16,19). The van der Waals surface area contributed by atoms with Gasteiger partial charge in [0.25, 0.3) is 0 Å². The van der Waals surface area contributed by atoms with E-state index in [0.717, 1.165) is 44.3 Å². The molecule has 1 heterocycles. The molecule has 0 aromatic rings. The van der Waals surface area contributed by atoms with Crippen molar-refractivity contribution >= 4 is 11.8 Å². The molecular weight excluding hydrogens is 240 g/mol. The molecule has 1 saturated carbocycles. The van der Waals surface area contributed by atoms with Crippen LogP contribution in [-0.2, 0) is 9.59 Å². The number of carbonyl (C=O) groups excluding carboxylic acids is 2. The van der Waals surface area contributed by atoms with Crippen LogP contribution in [0.5, 0.6) is 0 Å². The average molecular weight is 264 g/mol. The Morgan fingerprint density at radius 3 is 2.68 bits per heavy atom. The average Bonchev–Trinajstić information content (AvgIpc) is 2.96. The van der Waals surface area contributed by atoms with Crippen molar-refractivity contribution in [3.8, 4) is 0 Å². The monoisotopic (exact) mass is 264 g/mol. The molecule has 4 nitrogen and oxygen atoms in total. The van der Waals surface area contributed by atoms with Gasteiger partial charge in [-0.3, -0.25) is 9.59 Å². The number of nitrogens with zero attached hydrogens (tertiary/aromatic N) is 1. The van der Waals surface area contributed by atoms with Crippen LogP contribution < -0.4 is 5.32 Å². The lowest BCUT2D eigenvalue weighted by Gasteiger charge is -2.30. The van der Waals surface area contributed by atoms with Crippen molar-refractivity contribution < 1.29 is 9.59 Å². The zero-order valence-electron chi connectivity index (χ0n) is 12.2. The molecule has 1 aliphatic carbocycles. The Hall–Kier alpha value is -1.32. The molecule has 2 aliphatic rings. The second-order valence-corrected chi connectivity index (χ2v) is 6.15. The maximum atomic E-state index is 12.1. The summed E-state index contributed by atoms with van der Waals surface area (Å²) in [6.45, 7) is 5.41. The number of hydrogen-bond acceptors (Lipinski definition) is 2. The van der Waals surface area contributed by atoms with Gasteiger partial charge < -0.3 is 10.2 Å². The van der Waals surface area contributed by atoms with Crippen molar-refractivity contribution in [1.82, 2.24) is 10.2 Å². The Labute approximate surface area is 115 Å². The fourth-order valence-electron chi connectivity index (χ4n) is 3.63. The highest BCUT2D eigenvalue weighted by Crippen LogP contribution is 2.49. The van der Waals surface area contributed by atoms with Gasteiger partial charge in [-0.15, -0.1) is 0 Å². The Bertz CT molecular complexity index is 412. The number of rotatable bonds is 2. The van der Waals surface area contributed by atoms with Gasteiger partial charge in [0, 0.05) is 37.5 Å². The summed E-state index contributed by atoms with van der Waals surface area (Å²) in [7, 11) is 1.70. The van der Waals surface area contributed by atoms with Crippen LogP contribution in [-0.4, -0.2) is 36.9 Å². The van der Waals surface area contributed by atoms with Gasteiger partial charge in [0.15, 0.2) is 0 Å². The van der Waals surface area contributed by atoms with Crippen LogP contribution in [0.25, 0.3) is 0 Å². The van der Waals surface area contributed by atoms with Gasteiger partial charge in [-0.25, -0.2) is 0 Å². The van der Waals surface area contributed by atoms with E-state index in [1.54, 1.807) is 13.1 Å². The lowest BCUT2D eigenvalue weighted by molar-refractivity contribution is -0.129. The van der Waals surface area contributed by atoms with Gasteiger partial charge in [0.2, 0.25) is 11.8 Å². The fraction of sp³-hybridized carbons (Fsp3) is 0.733. The van der Waals surface area contributed by atoms with Crippen molar-refractivity contribution in [2.75, 3.05) is 20.1 Å². The Morgan fingerprint density at radius 1 is 1.32 bits per heavy atom. The number of carbonyl (C=O) groups is 2. The number of amides is 2. The third-order valence-electron chi connectivity index (χ3n) is 4.58. The van der Waals surface area contributed by atoms with Crippen molar-refractivity contribution in [3.63, 3.8) is 0 Å². The van der Waals surface area contributed by atoms with E-state index < -0.39 is 0 Å². The molecular formula is C15H24N2O2. The van der Waals surface area contributed by atoms with E-state index in [-0.39, 0.29) is 23.1 Å². The predicted molar refractivity (Wildman–Crippen MR) is 74.5 cm³/mol. The molecule has 1 aliphatic heterocycles. The van der Waals surface area contributed by atoms with E-state index in [1.807, 2.05) is 18.7 Å². The van der Waals surface area contributed by atoms with Crippen molar-refractivity contribution in [2.45, 2.75) is 39.5 Å². The minimum Gasteiger partial charge on any atom is -0.359 e. The summed E-state index contributed by atoms with van der Waals surface area (Å²) >= 11 is 0. The number of allylic oxidation sites excluding steroid dienone is 1. The Balaban J connectivity index is 2.10. The third-order valence-corrected chi connectivity index (χ3v) is 4.58. The van der Waals surface area contributed by atoms with E-state index in [0.29, 0.717) is 0 Å². The molecule has 0 bridgehead atoms. The molecule has 1 saturated heterocycles. The third kappa shape index (κ3) is 2.67. The van der Waals surface area contributed by atoms with Crippen molar-refractivity contribution in [2.24, 2.45) is 11.3 Å². The van der Waals surface area contributed by atoms with E-state index in [9.17, 15) is 9.59 Å². The molecule has 0 aromatic heterocycles. The van der Waals surface area contributed by atoms with Gasteiger partial charge in [0.05, 0.1) is 0 Å². The molecule has 2 unspecified atom stereocenters. The summed E-state index contributed by atoms with van der Waals surface area (Å²) in [6, 6.07) is 0. The minimum absolute atomic E-state index is 0.0330. The molecule has 106 valence electrons. The van der Waals surface area contributed by atoms with Crippen LogP contribution in [0, 0.1) is 11.3 Å². The van der Waals surface area contributed by atoms with E-state index in [1.165, 1.54) is 0 Å². The molecule has 2 amide bonds. The smallest absolute Gasteiger partial charge is 0.246 e. The van der Waals surface area contributed by atoms with Gasteiger partial charge in [0.1, 0.15) is 0 Å². The van der Waals surface area contributed by atoms with E-state index in [2.05, 4.69) is 5.32 Å². The maximum absolute atomic E-state index is 12.1. The normalized spacial score (nSPS) is 29.6. The largest absolute Gasteiger partial charge is 0.359 e. The molecule has 1 N–H and O–H groups in total. The molecule has 1 spiro atoms. The Kier molecular flexibility index (Phi) is 3.97.